The summed E-state index contributed by atoms with van der Waals surface area (Å²) in [6, 6.07) is 11.4. The first-order valence-corrected chi connectivity index (χ1v) is 8.13. The molecule has 104 valence electrons. The van der Waals surface area contributed by atoms with Gasteiger partial charge in [-0.25, -0.2) is 0 Å². The van der Waals surface area contributed by atoms with Crippen LogP contribution in [0.3, 0.4) is 0 Å². The van der Waals surface area contributed by atoms with Gasteiger partial charge >= 0.3 is 0 Å². The van der Waals surface area contributed by atoms with E-state index in [2.05, 4.69) is 38.5 Å². The molecule has 0 bridgehead atoms. The lowest BCUT2D eigenvalue weighted by Crippen LogP contribution is -2.07. The molecular weight excluding hydrogens is 431 g/mol. The Morgan fingerprint density at radius 1 is 1.20 bits per heavy atom. The minimum atomic E-state index is -0.0112. The predicted molar refractivity (Wildman–Crippen MR) is 92.6 cm³/mol. The second kappa shape index (κ2) is 6.72. The van der Waals surface area contributed by atoms with Crippen molar-refractivity contribution in [1.82, 2.24) is 0 Å². The van der Waals surface area contributed by atoms with Crippen LogP contribution in [0.1, 0.15) is 28.4 Å². The number of benzene rings is 2. The number of hydrogen-bond donors (Lipinski definition) is 0. The Balaban J connectivity index is 2.52. The van der Waals surface area contributed by atoms with E-state index in [1.807, 2.05) is 50.2 Å². The summed E-state index contributed by atoms with van der Waals surface area (Å²) in [7, 11) is 0. The van der Waals surface area contributed by atoms with Crippen molar-refractivity contribution in [2.75, 3.05) is 6.61 Å². The van der Waals surface area contributed by atoms with Crippen LogP contribution in [0, 0.1) is 10.5 Å². The Hall–Kier alpha value is -0.880. The smallest absolute Gasteiger partial charge is 0.197 e. The fraction of sp³-hybridized carbons (Fsp3) is 0.188. The van der Waals surface area contributed by atoms with Gasteiger partial charge in [0, 0.05) is 13.6 Å². The highest BCUT2D eigenvalue weighted by atomic mass is 127. The van der Waals surface area contributed by atoms with Gasteiger partial charge in [0.2, 0.25) is 0 Å². The van der Waals surface area contributed by atoms with Gasteiger partial charge in [0.15, 0.2) is 5.78 Å². The van der Waals surface area contributed by atoms with Gasteiger partial charge in [0.1, 0.15) is 5.75 Å². The lowest BCUT2D eigenvalue weighted by Gasteiger charge is -2.11. The van der Waals surface area contributed by atoms with Crippen LogP contribution in [0.4, 0.5) is 0 Å². The van der Waals surface area contributed by atoms with Gasteiger partial charge in [-0.05, 0) is 66.8 Å². The van der Waals surface area contributed by atoms with Crippen LogP contribution in [0.25, 0.3) is 0 Å². The van der Waals surface area contributed by atoms with Gasteiger partial charge in [0.25, 0.3) is 0 Å². The summed E-state index contributed by atoms with van der Waals surface area (Å²) in [5.41, 5.74) is 2.34. The van der Waals surface area contributed by atoms with Crippen molar-refractivity contribution >= 4 is 44.3 Å². The highest BCUT2D eigenvalue weighted by molar-refractivity contribution is 14.1. The maximum absolute atomic E-state index is 12.8. The molecule has 2 aromatic carbocycles. The van der Waals surface area contributed by atoms with Gasteiger partial charge in [-0.15, -0.1) is 0 Å². The maximum atomic E-state index is 12.8. The molecule has 0 amide bonds. The molecule has 0 aliphatic heterocycles. The SMILES string of the molecule is CCOc1ccc(C)cc1C(=O)c1cc(Br)ccc1I. The quantitative estimate of drug-likeness (QED) is 0.490. The number of rotatable bonds is 4. The second-order valence-electron chi connectivity index (χ2n) is 4.39. The summed E-state index contributed by atoms with van der Waals surface area (Å²) in [6.45, 7) is 4.42. The van der Waals surface area contributed by atoms with Gasteiger partial charge < -0.3 is 4.74 Å². The minimum absolute atomic E-state index is 0.0112. The molecule has 20 heavy (non-hydrogen) atoms. The average molecular weight is 445 g/mol. The number of carbonyl (C=O) groups is 1. The Morgan fingerprint density at radius 3 is 2.65 bits per heavy atom. The third kappa shape index (κ3) is 3.41. The van der Waals surface area contributed by atoms with E-state index in [9.17, 15) is 4.79 Å². The van der Waals surface area contributed by atoms with E-state index in [-0.39, 0.29) is 5.78 Å². The number of aryl methyl sites for hydroxylation is 1. The van der Waals surface area contributed by atoms with Crippen molar-refractivity contribution < 1.29 is 9.53 Å². The highest BCUT2D eigenvalue weighted by Crippen LogP contribution is 2.27. The Kier molecular flexibility index (Phi) is 5.21. The van der Waals surface area contributed by atoms with Gasteiger partial charge in [0.05, 0.1) is 12.2 Å². The molecule has 0 unspecified atom stereocenters. The number of carbonyl (C=O) groups excluding carboxylic acids is 1. The van der Waals surface area contributed by atoms with Crippen LogP contribution in [-0.4, -0.2) is 12.4 Å². The molecule has 0 N–H and O–H groups in total. The zero-order valence-electron chi connectivity index (χ0n) is 11.2. The molecule has 0 saturated heterocycles. The summed E-state index contributed by atoms with van der Waals surface area (Å²) in [5.74, 6) is 0.627. The van der Waals surface area contributed by atoms with E-state index in [1.54, 1.807) is 0 Å². The molecule has 2 rings (SSSR count). The first kappa shape index (κ1) is 15.5. The lowest BCUT2D eigenvalue weighted by atomic mass is 10.0. The number of hydrogen-bond acceptors (Lipinski definition) is 2. The normalized spacial score (nSPS) is 10.4. The standard InChI is InChI=1S/C16H14BrIO2/c1-3-20-15-7-4-10(2)8-13(15)16(19)12-9-11(17)5-6-14(12)18/h4-9H,3H2,1-2H3. The molecule has 0 aliphatic carbocycles. The minimum Gasteiger partial charge on any atom is -0.493 e. The van der Waals surface area contributed by atoms with Crippen molar-refractivity contribution in [3.05, 3.63) is 61.1 Å². The average Bonchev–Trinajstić information content (AvgIpc) is 2.43. The molecule has 0 radical (unpaired) electrons. The molecule has 0 aliphatic rings. The summed E-state index contributed by atoms with van der Waals surface area (Å²) in [4.78, 5) is 12.8. The predicted octanol–water partition coefficient (Wildman–Crippen LogP) is 4.99. The monoisotopic (exact) mass is 444 g/mol. The Labute approximate surface area is 140 Å². The van der Waals surface area contributed by atoms with Crippen molar-refractivity contribution in [2.24, 2.45) is 0 Å². The van der Waals surface area contributed by atoms with Crippen LogP contribution >= 0.6 is 38.5 Å². The molecule has 0 aromatic heterocycles. The van der Waals surface area contributed by atoms with E-state index in [0.717, 1.165) is 13.6 Å². The third-order valence-corrected chi connectivity index (χ3v) is 4.29. The van der Waals surface area contributed by atoms with E-state index in [0.29, 0.717) is 23.5 Å². The van der Waals surface area contributed by atoms with Crippen LogP contribution in [-0.2, 0) is 0 Å². The Bertz CT molecular complexity index is 653. The number of ketones is 1. The van der Waals surface area contributed by atoms with E-state index < -0.39 is 0 Å². The summed E-state index contributed by atoms with van der Waals surface area (Å²) < 4.78 is 7.40. The number of ether oxygens (including phenoxy) is 1. The fourth-order valence-corrected chi connectivity index (χ4v) is 2.86. The van der Waals surface area contributed by atoms with Gasteiger partial charge in [-0.2, -0.15) is 0 Å². The third-order valence-electron chi connectivity index (χ3n) is 2.85. The van der Waals surface area contributed by atoms with Crippen molar-refractivity contribution in [2.45, 2.75) is 13.8 Å². The van der Waals surface area contributed by atoms with Crippen LogP contribution in [0.5, 0.6) is 5.75 Å². The van der Waals surface area contributed by atoms with Crippen molar-refractivity contribution in [3.63, 3.8) is 0 Å². The molecule has 0 heterocycles. The topological polar surface area (TPSA) is 26.3 Å². The summed E-state index contributed by atoms with van der Waals surface area (Å²) >= 11 is 5.59. The first-order chi connectivity index (χ1) is 9.52. The molecule has 0 atom stereocenters. The molecule has 2 nitrogen and oxygen atoms in total. The van der Waals surface area contributed by atoms with E-state index in [1.165, 1.54) is 0 Å². The Morgan fingerprint density at radius 2 is 1.95 bits per heavy atom. The van der Waals surface area contributed by atoms with Gasteiger partial charge in [-0.3, -0.25) is 4.79 Å². The van der Waals surface area contributed by atoms with Crippen molar-refractivity contribution in [3.8, 4) is 5.75 Å². The number of halogens is 2. The van der Waals surface area contributed by atoms with Gasteiger partial charge in [-0.1, -0.05) is 27.6 Å². The zero-order valence-corrected chi connectivity index (χ0v) is 15.0. The van der Waals surface area contributed by atoms with Crippen molar-refractivity contribution in [1.29, 1.82) is 0 Å². The van der Waals surface area contributed by atoms with E-state index in [4.69, 9.17) is 4.74 Å². The molecule has 0 fully saturated rings. The fourth-order valence-electron chi connectivity index (χ4n) is 1.92. The molecular formula is C16H14BrIO2. The lowest BCUT2D eigenvalue weighted by molar-refractivity contribution is 0.103. The summed E-state index contributed by atoms with van der Waals surface area (Å²) in [5, 5.41) is 0. The molecule has 0 saturated carbocycles. The first-order valence-electron chi connectivity index (χ1n) is 6.26. The largest absolute Gasteiger partial charge is 0.493 e. The van der Waals surface area contributed by atoms with Crippen LogP contribution < -0.4 is 4.74 Å². The van der Waals surface area contributed by atoms with E-state index >= 15 is 0 Å². The van der Waals surface area contributed by atoms with Crippen LogP contribution in [0.15, 0.2) is 40.9 Å². The molecule has 4 heteroatoms. The summed E-state index contributed by atoms with van der Waals surface area (Å²) in [6.07, 6.45) is 0. The molecule has 2 aromatic rings. The molecule has 0 spiro atoms. The second-order valence-corrected chi connectivity index (χ2v) is 6.46. The van der Waals surface area contributed by atoms with Crippen LogP contribution in [0.2, 0.25) is 0 Å². The maximum Gasteiger partial charge on any atom is 0.197 e. The highest BCUT2D eigenvalue weighted by Gasteiger charge is 2.17. The zero-order chi connectivity index (χ0) is 14.7.